The van der Waals surface area contributed by atoms with Gasteiger partial charge in [0.2, 0.25) is 0 Å². The average molecular weight is 311 g/mol. The molecule has 5 nitrogen and oxygen atoms in total. The van der Waals surface area contributed by atoms with E-state index in [0.717, 1.165) is 0 Å². The van der Waals surface area contributed by atoms with Crippen molar-refractivity contribution in [1.29, 1.82) is 0 Å². The van der Waals surface area contributed by atoms with Crippen LogP contribution in [-0.4, -0.2) is 16.6 Å². The summed E-state index contributed by atoms with van der Waals surface area (Å²) in [4.78, 5) is 10.0. The summed E-state index contributed by atoms with van der Waals surface area (Å²) in [6.07, 6.45) is -0.871. The predicted octanol–water partition coefficient (Wildman–Crippen LogP) is 3.53. The number of aliphatic hydroxyl groups is 1. The third-order valence-corrected chi connectivity index (χ3v) is 3.21. The van der Waals surface area contributed by atoms with Crippen molar-refractivity contribution >= 4 is 23.0 Å². The van der Waals surface area contributed by atoms with E-state index in [1.54, 1.807) is 6.07 Å². The fraction of sp³-hybridized carbons (Fsp3) is 0.143. The summed E-state index contributed by atoms with van der Waals surface area (Å²) in [6.45, 7) is 0.138. The maximum atomic E-state index is 13.2. The smallest absolute Gasteiger partial charge is 0.269 e. The zero-order valence-electron chi connectivity index (χ0n) is 10.8. The minimum Gasteiger partial charge on any atom is -0.387 e. The number of benzene rings is 2. The molecule has 2 rings (SSSR count). The number of non-ortho nitro benzene ring substituents is 1. The molecule has 1 unspecified atom stereocenters. The van der Waals surface area contributed by atoms with Gasteiger partial charge in [0.1, 0.15) is 5.82 Å². The summed E-state index contributed by atoms with van der Waals surface area (Å²) in [5, 5.41) is 23.4. The van der Waals surface area contributed by atoms with Gasteiger partial charge >= 0.3 is 0 Å². The van der Waals surface area contributed by atoms with Crippen LogP contribution >= 0.6 is 11.6 Å². The van der Waals surface area contributed by atoms with Gasteiger partial charge in [-0.05, 0) is 35.9 Å². The molecular weight excluding hydrogens is 299 g/mol. The molecule has 7 heteroatoms. The first-order valence-electron chi connectivity index (χ1n) is 6.08. The highest BCUT2D eigenvalue weighted by atomic mass is 35.5. The minimum atomic E-state index is -0.871. The molecule has 2 N–H and O–H groups in total. The lowest BCUT2D eigenvalue weighted by molar-refractivity contribution is -0.384. The molecular formula is C14H12ClFN2O3. The Morgan fingerprint density at radius 3 is 2.52 bits per heavy atom. The summed E-state index contributed by atoms with van der Waals surface area (Å²) in [6, 6.07) is 9.83. The van der Waals surface area contributed by atoms with Gasteiger partial charge in [0, 0.05) is 24.4 Å². The monoisotopic (exact) mass is 310 g/mol. The van der Waals surface area contributed by atoms with Gasteiger partial charge < -0.3 is 10.4 Å². The molecule has 21 heavy (non-hydrogen) atoms. The van der Waals surface area contributed by atoms with Crippen molar-refractivity contribution < 1.29 is 14.4 Å². The quantitative estimate of drug-likeness (QED) is 0.654. The van der Waals surface area contributed by atoms with E-state index in [-0.39, 0.29) is 17.3 Å². The Balaban J connectivity index is 1.99. The van der Waals surface area contributed by atoms with Crippen LogP contribution in [0.2, 0.25) is 5.02 Å². The van der Waals surface area contributed by atoms with E-state index in [1.807, 2.05) is 0 Å². The summed E-state index contributed by atoms with van der Waals surface area (Å²) in [7, 11) is 0. The van der Waals surface area contributed by atoms with E-state index in [0.29, 0.717) is 11.3 Å². The van der Waals surface area contributed by atoms with Gasteiger partial charge in [-0.1, -0.05) is 11.6 Å². The molecule has 0 aliphatic rings. The SMILES string of the molecule is O=[N+]([O-])c1ccc(C(O)CNc2ccc(Cl)c(F)c2)cc1. The number of aliphatic hydroxyl groups excluding tert-OH is 1. The fourth-order valence-electron chi connectivity index (χ4n) is 1.76. The van der Waals surface area contributed by atoms with E-state index in [4.69, 9.17) is 11.6 Å². The molecule has 0 aliphatic carbocycles. The second-order valence-electron chi connectivity index (χ2n) is 4.37. The number of nitrogens with zero attached hydrogens (tertiary/aromatic N) is 1. The molecule has 0 radical (unpaired) electrons. The van der Waals surface area contributed by atoms with Gasteiger partial charge in [0.25, 0.3) is 5.69 Å². The van der Waals surface area contributed by atoms with Crippen LogP contribution in [0.3, 0.4) is 0 Å². The molecule has 0 amide bonds. The van der Waals surface area contributed by atoms with Crippen molar-refractivity contribution in [3.63, 3.8) is 0 Å². The van der Waals surface area contributed by atoms with Crippen molar-refractivity contribution in [2.75, 3.05) is 11.9 Å². The second kappa shape index (κ2) is 6.51. The van der Waals surface area contributed by atoms with Crippen molar-refractivity contribution in [3.8, 4) is 0 Å². The third-order valence-electron chi connectivity index (χ3n) is 2.91. The number of rotatable bonds is 5. The van der Waals surface area contributed by atoms with E-state index in [9.17, 15) is 19.6 Å². The van der Waals surface area contributed by atoms with Gasteiger partial charge in [0.15, 0.2) is 0 Å². The van der Waals surface area contributed by atoms with Gasteiger partial charge in [-0.2, -0.15) is 0 Å². The molecule has 1 atom stereocenters. The normalized spacial score (nSPS) is 12.0. The molecule has 0 saturated carbocycles. The lowest BCUT2D eigenvalue weighted by Crippen LogP contribution is -2.12. The van der Waals surface area contributed by atoms with Crippen LogP contribution in [0.15, 0.2) is 42.5 Å². The van der Waals surface area contributed by atoms with Crippen LogP contribution in [0.5, 0.6) is 0 Å². The molecule has 0 bridgehead atoms. The molecule has 0 fully saturated rings. The maximum absolute atomic E-state index is 13.2. The van der Waals surface area contributed by atoms with E-state index in [2.05, 4.69) is 5.32 Å². The predicted molar refractivity (Wildman–Crippen MR) is 78.0 cm³/mol. The zero-order valence-corrected chi connectivity index (χ0v) is 11.5. The van der Waals surface area contributed by atoms with Gasteiger partial charge in [-0.3, -0.25) is 10.1 Å². The topological polar surface area (TPSA) is 75.4 Å². The largest absolute Gasteiger partial charge is 0.387 e. The molecule has 0 spiro atoms. The Morgan fingerprint density at radius 1 is 1.29 bits per heavy atom. The highest BCUT2D eigenvalue weighted by molar-refractivity contribution is 6.30. The first-order chi connectivity index (χ1) is 9.97. The number of anilines is 1. The second-order valence-corrected chi connectivity index (χ2v) is 4.78. The fourth-order valence-corrected chi connectivity index (χ4v) is 1.87. The summed E-state index contributed by atoms with van der Waals surface area (Å²) < 4.78 is 13.2. The van der Waals surface area contributed by atoms with Crippen LogP contribution in [0.25, 0.3) is 0 Å². The van der Waals surface area contributed by atoms with Crippen LogP contribution < -0.4 is 5.32 Å². The first-order valence-corrected chi connectivity index (χ1v) is 6.46. The molecule has 0 saturated heterocycles. The van der Waals surface area contributed by atoms with E-state index in [1.165, 1.54) is 36.4 Å². The molecule has 0 aromatic heterocycles. The van der Waals surface area contributed by atoms with Crippen molar-refractivity contribution in [3.05, 3.63) is 69.0 Å². The number of hydrogen-bond acceptors (Lipinski definition) is 4. The number of halogens is 2. The van der Waals surface area contributed by atoms with Crippen LogP contribution in [0.4, 0.5) is 15.8 Å². The molecule has 110 valence electrons. The molecule has 0 heterocycles. The van der Waals surface area contributed by atoms with Crippen LogP contribution in [-0.2, 0) is 0 Å². The highest BCUT2D eigenvalue weighted by Gasteiger charge is 2.10. The summed E-state index contributed by atoms with van der Waals surface area (Å²) >= 11 is 5.57. The number of hydrogen-bond donors (Lipinski definition) is 2. The molecule has 0 aliphatic heterocycles. The number of nitro benzene ring substituents is 1. The Labute approximate surface area is 125 Å². The van der Waals surface area contributed by atoms with E-state index >= 15 is 0 Å². The molecule has 2 aromatic carbocycles. The molecule has 2 aromatic rings. The first kappa shape index (κ1) is 15.2. The van der Waals surface area contributed by atoms with E-state index < -0.39 is 16.8 Å². The minimum absolute atomic E-state index is 0.0245. The Hall–Kier alpha value is -2.18. The lowest BCUT2D eigenvalue weighted by atomic mass is 10.1. The summed E-state index contributed by atoms with van der Waals surface area (Å²) in [5.74, 6) is -0.550. The van der Waals surface area contributed by atoms with Gasteiger partial charge in [-0.15, -0.1) is 0 Å². The lowest BCUT2D eigenvalue weighted by Gasteiger charge is -2.13. The number of nitro groups is 1. The Kier molecular flexibility index (Phi) is 4.72. The standard InChI is InChI=1S/C14H12ClFN2O3/c15-12-6-3-10(7-13(12)16)17-8-14(19)9-1-4-11(5-2-9)18(20)21/h1-7,14,17,19H,8H2. The zero-order chi connectivity index (χ0) is 15.4. The average Bonchev–Trinajstić information content (AvgIpc) is 2.48. The van der Waals surface area contributed by atoms with Crippen LogP contribution in [0.1, 0.15) is 11.7 Å². The Bertz CT molecular complexity index is 649. The van der Waals surface area contributed by atoms with Crippen molar-refractivity contribution in [2.45, 2.75) is 6.10 Å². The van der Waals surface area contributed by atoms with Gasteiger partial charge in [-0.25, -0.2) is 4.39 Å². The summed E-state index contributed by atoms with van der Waals surface area (Å²) in [5.41, 5.74) is 0.971. The Morgan fingerprint density at radius 2 is 1.95 bits per heavy atom. The highest BCUT2D eigenvalue weighted by Crippen LogP contribution is 2.21. The van der Waals surface area contributed by atoms with Crippen LogP contribution in [0, 0.1) is 15.9 Å². The van der Waals surface area contributed by atoms with Crippen molar-refractivity contribution in [2.24, 2.45) is 0 Å². The van der Waals surface area contributed by atoms with Crippen molar-refractivity contribution in [1.82, 2.24) is 0 Å². The van der Waals surface area contributed by atoms with Gasteiger partial charge in [0.05, 0.1) is 16.0 Å². The third kappa shape index (κ3) is 3.90. The number of nitrogens with one attached hydrogen (secondary N) is 1. The maximum Gasteiger partial charge on any atom is 0.269 e.